The number of benzene rings is 1. The molecule has 3 aromatic rings. The van der Waals surface area contributed by atoms with Crippen molar-refractivity contribution in [1.29, 1.82) is 0 Å². The summed E-state index contributed by atoms with van der Waals surface area (Å²) in [6.07, 6.45) is 0. The molecule has 102 valence electrons. The molecular formula is C14H13N3O2S. The summed E-state index contributed by atoms with van der Waals surface area (Å²) in [5, 5.41) is 18.4. The van der Waals surface area contributed by atoms with Crippen LogP contribution in [0.4, 0.5) is 0 Å². The Bertz CT molecular complexity index is 813. The number of carboxylic acids is 1. The average molecular weight is 287 g/mol. The van der Waals surface area contributed by atoms with Gasteiger partial charge in [0.2, 0.25) is 0 Å². The van der Waals surface area contributed by atoms with E-state index in [0.29, 0.717) is 5.16 Å². The quantitative estimate of drug-likeness (QED) is 0.750. The van der Waals surface area contributed by atoms with E-state index in [-0.39, 0.29) is 0 Å². The maximum atomic E-state index is 11.0. The van der Waals surface area contributed by atoms with E-state index >= 15 is 0 Å². The molecule has 0 fully saturated rings. The highest BCUT2D eigenvalue weighted by molar-refractivity contribution is 8.00. The first-order valence-electron chi connectivity index (χ1n) is 6.21. The summed E-state index contributed by atoms with van der Waals surface area (Å²) in [5.74, 6) is -0.858. The van der Waals surface area contributed by atoms with Crippen molar-refractivity contribution >= 4 is 34.3 Å². The summed E-state index contributed by atoms with van der Waals surface area (Å²) in [6, 6.07) is 9.94. The number of fused-ring (bicyclic) bond motifs is 3. The van der Waals surface area contributed by atoms with Crippen molar-refractivity contribution in [2.24, 2.45) is 0 Å². The lowest BCUT2D eigenvalue weighted by molar-refractivity contribution is -0.136. The number of hydrogen-bond donors (Lipinski definition) is 1. The number of aromatic nitrogens is 3. The van der Waals surface area contributed by atoms with E-state index in [4.69, 9.17) is 5.11 Å². The number of aryl methyl sites for hydroxylation is 1. The van der Waals surface area contributed by atoms with Crippen LogP contribution in [-0.2, 0) is 4.79 Å². The zero-order valence-corrected chi connectivity index (χ0v) is 11.9. The molecular weight excluding hydrogens is 274 g/mol. The number of thioether (sulfide) groups is 1. The fourth-order valence-electron chi connectivity index (χ4n) is 2.16. The second kappa shape index (κ2) is 4.79. The van der Waals surface area contributed by atoms with Crippen molar-refractivity contribution in [2.75, 3.05) is 0 Å². The van der Waals surface area contributed by atoms with Crippen LogP contribution in [0.1, 0.15) is 12.5 Å². The number of hydrogen-bond acceptors (Lipinski definition) is 4. The van der Waals surface area contributed by atoms with Gasteiger partial charge in [-0.3, -0.25) is 9.20 Å². The van der Waals surface area contributed by atoms with Crippen LogP contribution in [0.15, 0.2) is 35.5 Å². The summed E-state index contributed by atoms with van der Waals surface area (Å²) in [5.41, 5.74) is 2.86. The molecule has 20 heavy (non-hydrogen) atoms. The normalized spacial score (nSPS) is 12.9. The lowest BCUT2D eigenvalue weighted by Gasteiger charge is -2.08. The lowest BCUT2D eigenvalue weighted by Crippen LogP contribution is -2.12. The highest BCUT2D eigenvalue weighted by Gasteiger charge is 2.18. The van der Waals surface area contributed by atoms with E-state index in [9.17, 15) is 4.79 Å². The first-order chi connectivity index (χ1) is 9.58. The second-order valence-corrected chi connectivity index (χ2v) is 5.93. The molecule has 2 aromatic heterocycles. The van der Waals surface area contributed by atoms with E-state index in [0.717, 1.165) is 22.1 Å². The third-order valence-corrected chi connectivity index (χ3v) is 4.23. The predicted molar refractivity (Wildman–Crippen MR) is 78.2 cm³/mol. The van der Waals surface area contributed by atoms with Crippen molar-refractivity contribution in [1.82, 2.24) is 14.6 Å². The summed E-state index contributed by atoms with van der Waals surface area (Å²) in [6.45, 7) is 3.67. The average Bonchev–Trinajstić information content (AvgIpc) is 2.82. The van der Waals surface area contributed by atoms with Crippen molar-refractivity contribution in [3.63, 3.8) is 0 Å². The topological polar surface area (TPSA) is 67.5 Å². The molecule has 6 heteroatoms. The van der Waals surface area contributed by atoms with Crippen LogP contribution in [0.3, 0.4) is 0 Å². The Hall–Kier alpha value is -2.08. The first kappa shape index (κ1) is 12.9. The third kappa shape index (κ3) is 2.02. The van der Waals surface area contributed by atoms with Gasteiger partial charge in [-0.15, -0.1) is 10.2 Å². The SMILES string of the molecule is Cc1cc2nnc(S[C@@H](C)C(=O)O)n2c2ccccc12. The van der Waals surface area contributed by atoms with Crippen LogP contribution in [0.25, 0.3) is 16.6 Å². The highest BCUT2D eigenvalue weighted by Crippen LogP contribution is 2.27. The third-order valence-electron chi connectivity index (χ3n) is 3.20. The Morgan fingerprint density at radius 1 is 1.35 bits per heavy atom. The maximum absolute atomic E-state index is 11.0. The molecule has 0 aliphatic carbocycles. The molecule has 0 spiro atoms. The standard InChI is InChI=1S/C14H13N3O2S/c1-8-7-12-15-16-14(20-9(2)13(18)19)17(12)11-6-4-3-5-10(8)11/h3-7,9H,1-2H3,(H,18,19)/t9-/m0/s1. The van der Waals surface area contributed by atoms with Gasteiger partial charge >= 0.3 is 5.97 Å². The molecule has 0 amide bonds. The highest BCUT2D eigenvalue weighted by atomic mass is 32.2. The Morgan fingerprint density at radius 3 is 2.85 bits per heavy atom. The van der Waals surface area contributed by atoms with E-state index in [2.05, 4.69) is 10.2 Å². The number of nitrogens with zero attached hydrogens (tertiary/aromatic N) is 3. The number of carboxylic acid groups (broad SMARTS) is 1. The molecule has 0 aliphatic heterocycles. The summed E-state index contributed by atoms with van der Waals surface area (Å²) in [7, 11) is 0. The van der Waals surface area contributed by atoms with Crippen molar-refractivity contribution in [3.8, 4) is 0 Å². The van der Waals surface area contributed by atoms with Crippen molar-refractivity contribution in [3.05, 3.63) is 35.9 Å². The molecule has 0 saturated heterocycles. The minimum atomic E-state index is -0.858. The van der Waals surface area contributed by atoms with Gasteiger partial charge < -0.3 is 5.11 Å². The van der Waals surface area contributed by atoms with E-state index < -0.39 is 11.2 Å². The molecule has 1 atom stereocenters. The van der Waals surface area contributed by atoms with Gasteiger partial charge in [-0.05, 0) is 31.5 Å². The van der Waals surface area contributed by atoms with Gasteiger partial charge in [0.15, 0.2) is 10.8 Å². The summed E-state index contributed by atoms with van der Waals surface area (Å²) >= 11 is 1.20. The monoisotopic (exact) mass is 287 g/mol. The number of para-hydroxylation sites is 1. The molecule has 0 unspecified atom stereocenters. The Morgan fingerprint density at radius 2 is 2.10 bits per heavy atom. The lowest BCUT2D eigenvalue weighted by atomic mass is 10.1. The molecule has 1 N–H and O–H groups in total. The maximum Gasteiger partial charge on any atom is 0.316 e. The molecule has 5 nitrogen and oxygen atoms in total. The Kier molecular flexibility index (Phi) is 3.10. The smallest absolute Gasteiger partial charge is 0.316 e. The van der Waals surface area contributed by atoms with Gasteiger partial charge in [-0.2, -0.15) is 0 Å². The van der Waals surface area contributed by atoms with Crippen LogP contribution in [-0.4, -0.2) is 30.9 Å². The zero-order valence-electron chi connectivity index (χ0n) is 11.1. The van der Waals surface area contributed by atoms with Gasteiger partial charge in [-0.1, -0.05) is 30.0 Å². The molecule has 0 radical (unpaired) electrons. The first-order valence-corrected chi connectivity index (χ1v) is 7.09. The van der Waals surface area contributed by atoms with E-state index in [1.165, 1.54) is 11.8 Å². The van der Waals surface area contributed by atoms with Crippen LogP contribution in [0.2, 0.25) is 0 Å². The van der Waals surface area contributed by atoms with E-state index in [1.54, 1.807) is 6.92 Å². The Balaban J connectivity index is 2.25. The molecule has 2 heterocycles. The van der Waals surface area contributed by atoms with Gasteiger partial charge in [0.05, 0.1) is 5.52 Å². The van der Waals surface area contributed by atoms with Crippen LogP contribution in [0, 0.1) is 6.92 Å². The Labute approximate surface area is 119 Å². The number of pyridine rings is 1. The molecule has 1 aromatic carbocycles. The van der Waals surface area contributed by atoms with Crippen molar-refractivity contribution in [2.45, 2.75) is 24.3 Å². The zero-order chi connectivity index (χ0) is 14.3. The van der Waals surface area contributed by atoms with Crippen LogP contribution in [0.5, 0.6) is 0 Å². The summed E-state index contributed by atoms with van der Waals surface area (Å²) < 4.78 is 1.91. The predicted octanol–water partition coefficient (Wildman–Crippen LogP) is 2.76. The fourth-order valence-corrected chi connectivity index (χ4v) is 2.96. The van der Waals surface area contributed by atoms with Gasteiger partial charge in [0.25, 0.3) is 0 Å². The van der Waals surface area contributed by atoms with Crippen LogP contribution >= 0.6 is 11.8 Å². The van der Waals surface area contributed by atoms with Gasteiger partial charge in [0.1, 0.15) is 5.25 Å². The molecule has 0 bridgehead atoms. The molecule has 0 saturated carbocycles. The number of carbonyl (C=O) groups is 1. The second-order valence-electron chi connectivity index (χ2n) is 4.62. The largest absolute Gasteiger partial charge is 0.480 e. The number of rotatable bonds is 3. The molecule has 0 aliphatic rings. The van der Waals surface area contributed by atoms with Gasteiger partial charge in [0, 0.05) is 5.39 Å². The minimum absolute atomic E-state index is 0.567. The summed E-state index contributed by atoms with van der Waals surface area (Å²) in [4.78, 5) is 11.0. The van der Waals surface area contributed by atoms with Crippen LogP contribution < -0.4 is 0 Å². The van der Waals surface area contributed by atoms with E-state index in [1.807, 2.05) is 41.7 Å². The van der Waals surface area contributed by atoms with Gasteiger partial charge in [-0.25, -0.2) is 0 Å². The number of aliphatic carboxylic acids is 1. The fraction of sp³-hybridized carbons (Fsp3) is 0.214. The molecule has 3 rings (SSSR count). The minimum Gasteiger partial charge on any atom is -0.480 e. The van der Waals surface area contributed by atoms with Crippen molar-refractivity contribution < 1.29 is 9.90 Å².